The van der Waals surface area contributed by atoms with Crippen molar-refractivity contribution in [1.29, 1.82) is 0 Å². The first-order valence-corrected chi connectivity index (χ1v) is 8.41. The quantitative estimate of drug-likeness (QED) is 0.559. The molecule has 2 N–H and O–H groups in total. The molecule has 2 rings (SSSR count). The lowest BCUT2D eigenvalue weighted by Gasteiger charge is -2.16. The minimum absolute atomic E-state index is 0.188. The van der Waals surface area contributed by atoms with E-state index in [1.54, 1.807) is 13.3 Å². The lowest BCUT2D eigenvalue weighted by Crippen LogP contribution is -2.36. The van der Waals surface area contributed by atoms with Gasteiger partial charge in [0, 0.05) is 15.7 Å². The van der Waals surface area contributed by atoms with Crippen molar-refractivity contribution >= 4 is 33.7 Å². The van der Waals surface area contributed by atoms with Gasteiger partial charge >= 0.3 is 0 Å². The second-order valence-electron chi connectivity index (χ2n) is 5.09. The Hall–Kier alpha value is -2.34. The zero-order chi connectivity index (χ0) is 17.4. The molecule has 0 aliphatic rings. The molecule has 0 aliphatic carbocycles. The number of hydrazone groups is 1. The van der Waals surface area contributed by atoms with Crippen molar-refractivity contribution < 1.29 is 9.53 Å². The first kappa shape index (κ1) is 18.0. The molecular formula is C18H20BrN3O2. The monoisotopic (exact) mass is 389 g/mol. The molecule has 6 heteroatoms. The minimum atomic E-state index is -0.353. The van der Waals surface area contributed by atoms with Gasteiger partial charge in [-0.15, -0.1) is 0 Å². The largest absolute Gasteiger partial charge is 0.496 e. The number of nitrogens with one attached hydrogen (secondary N) is 2. The van der Waals surface area contributed by atoms with Gasteiger partial charge in [0.05, 0.1) is 13.3 Å². The third-order valence-corrected chi connectivity index (χ3v) is 3.90. The highest BCUT2D eigenvalue weighted by Gasteiger charge is 2.15. The van der Waals surface area contributed by atoms with Crippen molar-refractivity contribution in [2.75, 3.05) is 12.4 Å². The molecule has 5 nitrogen and oxygen atoms in total. The van der Waals surface area contributed by atoms with Crippen LogP contribution in [0.4, 0.5) is 5.69 Å². The lowest BCUT2D eigenvalue weighted by molar-refractivity contribution is -0.121. The molecule has 24 heavy (non-hydrogen) atoms. The van der Waals surface area contributed by atoms with Crippen molar-refractivity contribution in [3.63, 3.8) is 0 Å². The van der Waals surface area contributed by atoms with Crippen LogP contribution >= 0.6 is 15.9 Å². The van der Waals surface area contributed by atoms with Gasteiger partial charge in [-0.25, -0.2) is 5.43 Å². The van der Waals surface area contributed by atoms with Gasteiger partial charge in [-0.05, 0) is 36.8 Å². The Kier molecular flexibility index (Phi) is 6.81. The molecule has 0 saturated heterocycles. The minimum Gasteiger partial charge on any atom is -0.496 e. The predicted molar refractivity (Wildman–Crippen MR) is 101 cm³/mol. The molecular weight excluding hydrogens is 370 g/mol. The standard InChI is InChI=1S/C18H20BrN3O2/c1-3-16(21-15-7-5-4-6-8-15)18(23)22-20-12-13-11-14(19)9-10-17(13)24-2/h4-12,16,21H,3H2,1-2H3,(H,22,23)/b20-12-/t16-/m1/s1. The van der Waals surface area contributed by atoms with E-state index in [-0.39, 0.29) is 11.9 Å². The normalized spacial score (nSPS) is 12.0. The van der Waals surface area contributed by atoms with Crippen molar-refractivity contribution in [2.24, 2.45) is 5.10 Å². The molecule has 0 spiro atoms. The number of hydrogen-bond donors (Lipinski definition) is 2. The number of hydrogen-bond acceptors (Lipinski definition) is 4. The number of methoxy groups -OCH3 is 1. The SMILES string of the molecule is CC[C@@H](Nc1ccccc1)C(=O)N/N=C\c1cc(Br)ccc1OC. The number of rotatable bonds is 7. The summed E-state index contributed by atoms with van der Waals surface area (Å²) in [4.78, 5) is 12.3. The van der Waals surface area contributed by atoms with Crippen molar-refractivity contribution in [3.05, 3.63) is 58.6 Å². The summed E-state index contributed by atoms with van der Waals surface area (Å²) in [6, 6.07) is 14.8. The van der Waals surface area contributed by atoms with E-state index in [0.717, 1.165) is 15.7 Å². The van der Waals surface area contributed by atoms with Gasteiger partial charge in [0.2, 0.25) is 0 Å². The molecule has 0 heterocycles. The van der Waals surface area contributed by atoms with E-state index in [9.17, 15) is 4.79 Å². The molecule has 1 amide bonds. The summed E-state index contributed by atoms with van der Waals surface area (Å²) < 4.78 is 6.18. The zero-order valence-electron chi connectivity index (χ0n) is 13.6. The second kappa shape index (κ2) is 9.08. The van der Waals surface area contributed by atoms with Crippen LogP contribution in [0.1, 0.15) is 18.9 Å². The van der Waals surface area contributed by atoms with E-state index in [4.69, 9.17) is 4.74 Å². The summed E-state index contributed by atoms with van der Waals surface area (Å²) in [5.74, 6) is 0.497. The molecule has 0 aromatic heterocycles. The first-order chi connectivity index (χ1) is 11.6. The van der Waals surface area contributed by atoms with Crippen LogP contribution < -0.4 is 15.5 Å². The Bertz CT molecular complexity index is 705. The number of ether oxygens (including phenoxy) is 1. The summed E-state index contributed by atoms with van der Waals surface area (Å²) in [5, 5.41) is 7.23. The number of carbonyl (C=O) groups is 1. The van der Waals surface area contributed by atoms with Gasteiger partial charge in [0.25, 0.3) is 5.91 Å². The van der Waals surface area contributed by atoms with Crippen LogP contribution in [-0.4, -0.2) is 25.3 Å². The van der Waals surface area contributed by atoms with Crippen LogP contribution in [0.15, 0.2) is 58.1 Å². The molecule has 0 unspecified atom stereocenters. The maximum atomic E-state index is 12.3. The summed E-state index contributed by atoms with van der Waals surface area (Å²) in [7, 11) is 1.59. The van der Waals surface area contributed by atoms with Crippen LogP contribution in [-0.2, 0) is 4.79 Å². The first-order valence-electron chi connectivity index (χ1n) is 7.62. The molecule has 126 valence electrons. The number of amides is 1. The van der Waals surface area contributed by atoms with Crippen LogP contribution in [0.5, 0.6) is 5.75 Å². The highest BCUT2D eigenvalue weighted by atomic mass is 79.9. The van der Waals surface area contributed by atoms with Gasteiger partial charge in [0.1, 0.15) is 11.8 Å². The Labute approximate surface area is 150 Å². The van der Waals surface area contributed by atoms with Gasteiger partial charge in [-0.1, -0.05) is 41.1 Å². The molecule has 0 radical (unpaired) electrons. The maximum Gasteiger partial charge on any atom is 0.262 e. The van der Waals surface area contributed by atoms with Crippen molar-refractivity contribution in [3.8, 4) is 5.75 Å². The molecule has 0 bridgehead atoms. The Morgan fingerprint density at radius 1 is 1.29 bits per heavy atom. The van der Waals surface area contributed by atoms with E-state index in [1.807, 2.05) is 55.5 Å². The fraction of sp³-hybridized carbons (Fsp3) is 0.222. The fourth-order valence-electron chi connectivity index (χ4n) is 2.14. The van der Waals surface area contributed by atoms with E-state index in [1.165, 1.54) is 0 Å². The molecule has 0 fully saturated rings. The third-order valence-electron chi connectivity index (χ3n) is 3.41. The molecule has 2 aromatic rings. The maximum absolute atomic E-state index is 12.3. The zero-order valence-corrected chi connectivity index (χ0v) is 15.2. The molecule has 1 atom stereocenters. The summed E-state index contributed by atoms with van der Waals surface area (Å²) in [5.41, 5.74) is 4.24. The van der Waals surface area contributed by atoms with Crippen molar-refractivity contribution in [2.45, 2.75) is 19.4 Å². The highest BCUT2D eigenvalue weighted by molar-refractivity contribution is 9.10. The smallest absolute Gasteiger partial charge is 0.262 e. The Morgan fingerprint density at radius 3 is 2.71 bits per heavy atom. The van der Waals surface area contributed by atoms with Crippen LogP contribution in [0, 0.1) is 0 Å². The fourth-order valence-corrected chi connectivity index (χ4v) is 2.52. The number of para-hydroxylation sites is 1. The number of halogens is 1. The third kappa shape index (κ3) is 5.09. The molecule has 0 saturated carbocycles. The highest BCUT2D eigenvalue weighted by Crippen LogP contribution is 2.21. The van der Waals surface area contributed by atoms with Crippen LogP contribution in [0.25, 0.3) is 0 Å². The Morgan fingerprint density at radius 2 is 2.04 bits per heavy atom. The van der Waals surface area contributed by atoms with E-state index in [0.29, 0.717) is 12.2 Å². The van der Waals surface area contributed by atoms with Crippen LogP contribution in [0.3, 0.4) is 0 Å². The van der Waals surface area contributed by atoms with Gasteiger partial charge in [-0.3, -0.25) is 4.79 Å². The number of nitrogens with zero attached hydrogens (tertiary/aromatic N) is 1. The molecule has 0 aliphatic heterocycles. The summed E-state index contributed by atoms with van der Waals surface area (Å²) in [6.07, 6.45) is 2.22. The topological polar surface area (TPSA) is 62.7 Å². The number of anilines is 1. The van der Waals surface area contributed by atoms with Gasteiger partial charge < -0.3 is 10.1 Å². The van der Waals surface area contributed by atoms with Crippen LogP contribution in [0.2, 0.25) is 0 Å². The summed E-state index contributed by atoms with van der Waals surface area (Å²) in [6.45, 7) is 1.95. The second-order valence-corrected chi connectivity index (χ2v) is 6.01. The predicted octanol–water partition coefficient (Wildman–Crippen LogP) is 3.80. The summed E-state index contributed by atoms with van der Waals surface area (Å²) >= 11 is 3.40. The average Bonchev–Trinajstić information content (AvgIpc) is 2.60. The van der Waals surface area contributed by atoms with Gasteiger partial charge in [0.15, 0.2) is 0 Å². The van der Waals surface area contributed by atoms with E-state index in [2.05, 4.69) is 31.8 Å². The Balaban J connectivity index is 1.99. The molecule has 2 aromatic carbocycles. The van der Waals surface area contributed by atoms with E-state index >= 15 is 0 Å². The number of benzene rings is 2. The lowest BCUT2D eigenvalue weighted by atomic mass is 10.2. The number of carbonyl (C=O) groups excluding carboxylic acids is 1. The van der Waals surface area contributed by atoms with E-state index < -0.39 is 0 Å². The van der Waals surface area contributed by atoms with Gasteiger partial charge in [-0.2, -0.15) is 5.10 Å². The van der Waals surface area contributed by atoms with Crippen molar-refractivity contribution in [1.82, 2.24) is 5.43 Å². The average molecular weight is 390 g/mol.